The molecule has 12 heteroatoms. The van der Waals surface area contributed by atoms with Crippen LogP contribution in [0.25, 0.3) is 21.6 Å². The van der Waals surface area contributed by atoms with Gasteiger partial charge in [0.15, 0.2) is 5.79 Å². The van der Waals surface area contributed by atoms with Crippen molar-refractivity contribution in [3.63, 3.8) is 0 Å². The molecule has 244 valence electrons. The van der Waals surface area contributed by atoms with Crippen LogP contribution in [0.5, 0.6) is 0 Å². The molecule has 7 rings (SSSR count). The first kappa shape index (κ1) is 31.4. The molecule has 3 aliphatic rings. The summed E-state index contributed by atoms with van der Waals surface area (Å²) in [5.41, 5.74) is 9.72. The third-order valence-electron chi connectivity index (χ3n) is 9.23. The second kappa shape index (κ2) is 11.8. The predicted octanol–water partition coefficient (Wildman–Crippen LogP) is 7.11. The lowest BCUT2D eigenvalue weighted by molar-refractivity contribution is -0.163. The zero-order chi connectivity index (χ0) is 32.4. The Kier molecular flexibility index (Phi) is 8.02. The maximum Gasteiger partial charge on any atom is 0.410 e. The van der Waals surface area contributed by atoms with Crippen LogP contribution < -0.4 is 5.73 Å². The summed E-state index contributed by atoms with van der Waals surface area (Å²) in [5.74, 6) is -0.0284. The minimum atomic E-state index is -0.745. The number of amides is 1. The second-order valence-electron chi connectivity index (χ2n) is 14.2. The SMILES string of the molecule is CC(C)(C)OC(=O)N1CCCC([C@H]2CC(n3cc(-c4nc(Cc5ccccc5)cs4)c4c(N)nc(Cl)nc43)[C@@H]3OC(C)(C)O[C@H]23)C1. The fraction of sp³-hybridized carbons (Fsp3) is 0.529. The second-order valence-corrected chi connectivity index (χ2v) is 15.4. The molecule has 2 unspecified atom stereocenters. The van der Waals surface area contributed by atoms with Crippen LogP contribution in [-0.2, 0) is 20.6 Å². The normalized spacial score (nSPS) is 26.0. The first-order valence-electron chi connectivity index (χ1n) is 16.0. The van der Waals surface area contributed by atoms with Crippen LogP contribution in [0.4, 0.5) is 10.6 Å². The number of likely N-dealkylation sites (tertiary alicyclic amines) is 1. The fourth-order valence-electron chi connectivity index (χ4n) is 7.46. The van der Waals surface area contributed by atoms with E-state index in [4.69, 9.17) is 41.5 Å². The number of halogens is 1. The Hall–Kier alpha value is -3.25. The van der Waals surface area contributed by atoms with Gasteiger partial charge < -0.3 is 29.4 Å². The molecule has 5 atom stereocenters. The Morgan fingerprint density at radius 3 is 2.67 bits per heavy atom. The Morgan fingerprint density at radius 1 is 1.15 bits per heavy atom. The monoisotopic (exact) mass is 664 g/mol. The number of hydrogen-bond donors (Lipinski definition) is 1. The summed E-state index contributed by atoms with van der Waals surface area (Å²) >= 11 is 8.00. The number of anilines is 1. The number of rotatable bonds is 5. The number of benzene rings is 1. The van der Waals surface area contributed by atoms with E-state index in [0.717, 1.165) is 47.3 Å². The molecule has 10 nitrogen and oxygen atoms in total. The van der Waals surface area contributed by atoms with E-state index >= 15 is 0 Å². The van der Waals surface area contributed by atoms with Gasteiger partial charge in [-0.3, -0.25) is 0 Å². The number of nitrogens with zero attached hydrogens (tertiary/aromatic N) is 5. The van der Waals surface area contributed by atoms with Crippen molar-refractivity contribution in [2.45, 2.75) is 89.9 Å². The van der Waals surface area contributed by atoms with Gasteiger partial charge in [0.05, 0.1) is 23.2 Å². The van der Waals surface area contributed by atoms with Gasteiger partial charge in [-0.2, -0.15) is 4.98 Å². The number of nitrogens with two attached hydrogens (primary N) is 1. The quantitative estimate of drug-likeness (QED) is 0.224. The molecule has 1 amide bonds. The smallest absolute Gasteiger partial charge is 0.410 e. The first-order chi connectivity index (χ1) is 21.8. The van der Waals surface area contributed by atoms with Crippen molar-refractivity contribution < 1.29 is 19.0 Å². The summed E-state index contributed by atoms with van der Waals surface area (Å²) in [7, 11) is 0. The number of piperidine rings is 1. The van der Waals surface area contributed by atoms with Crippen LogP contribution >= 0.6 is 22.9 Å². The molecule has 0 bridgehead atoms. The van der Waals surface area contributed by atoms with Crippen LogP contribution in [0.3, 0.4) is 0 Å². The van der Waals surface area contributed by atoms with Crippen molar-refractivity contribution in [2.75, 3.05) is 18.8 Å². The highest BCUT2D eigenvalue weighted by Gasteiger charge is 2.57. The maximum atomic E-state index is 13.0. The lowest BCUT2D eigenvalue weighted by atomic mass is 9.83. The zero-order valence-electron chi connectivity index (χ0n) is 26.9. The number of carbonyl (C=O) groups is 1. The van der Waals surface area contributed by atoms with Crippen LogP contribution in [0, 0.1) is 11.8 Å². The van der Waals surface area contributed by atoms with Crippen molar-refractivity contribution >= 4 is 45.9 Å². The van der Waals surface area contributed by atoms with Gasteiger partial charge >= 0.3 is 6.09 Å². The zero-order valence-corrected chi connectivity index (χ0v) is 28.5. The van der Waals surface area contributed by atoms with Gasteiger partial charge in [0.1, 0.15) is 28.2 Å². The molecule has 2 saturated heterocycles. The van der Waals surface area contributed by atoms with Crippen molar-refractivity contribution in [3.05, 3.63) is 58.4 Å². The number of nitrogen functional groups attached to an aromatic ring is 1. The van der Waals surface area contributed by atoms with Crippen LogP contribution in [0.1, 0.15) is 71.2 Å². The lowest BCUT2D eigenvalue weighted by Gasteiger charge is -2.38. The molecule has 3 fully saturated rings. The fourth-order valence-corrected chi connectivity index (χ4v) is 8.46. The summed E-state index contributed by atoms with van der Waals surface area (Å²) in [6.45, 7) is 11.0. The molecular formula is C34H41ClN6O4S. The van der Waals surface area contributed by atoms with E-state index in [1.807, 2.05) is 57.7 Å². The highest BCUT2D eigenvalue weighted by atomic mass is 35.5. The summed E-state index contributed by atoms with van der Waals surface area (Å²) < 4.78 is 21.1. The predicted molar refractivity (Wildman–Crippen MR) is 179 cm³/mol. The van der Waals surface area contributed by atoms with Crippen molar-refractivity contribution in [3.8, 4) is 10.6 Å². The molecule has 1 aliphatic carbocycles. The molecule has 3 aromatic heterocycles. The number of carbonyl (C=O) groups excluding carboxylic acids is 1. The van der Waals surface area contributed by atoms with E-state index < -0.39 is 11.4 Å². The number of aromatic nitrogens is 4. The van der Waals surface area contributed by atoms with E-state index in [-0.39, 0.29) is 41.5 Å². The number of ether oxygens (including phenoxy) is 3. The topological polar surface area (TPSA) is 118 Å². The number of fused-ring (bicyclic) bond motifs is 2. The standard InChI is InChI=1S/C34H41ClN6O4S/c1-33(2,3)45-32(42)40-13-9-12-20(16-40)22-15-24(27-26(22)43-34(4,5)44-27)41-17-23(25-28(36)38-31(35)39-29(25)41)30-37-21(18-46-30)14-19-10-7-6-8-11-19/h6-8,10-11,17-18,20,22,24,26-27H,9,12-16H2,1-5H3,(H2,36,38,39)/t20?,22-,24?,26-,27+/m1/s1. The van der Waals surface area contributed by atoms with Crippen molar-refractivity contribution in [1.29, 1.82) is 0 Å². The third kappa shape index (κ3) is 6.10. The van der Waals surface area contributed by atoms with Gasteiger partial charge in [-0.25, -0.2) is 14.8 Å². The number of thiazole rings is 1. The van der Waals surface area contributed by atoms with E-state index in [1.54, 1.807) is 11.3 Å². The molecule has 2 aliphatic heterocycles. The van der Waals surface area contributed by atoms with Crippen molar-refractivity contribution in [1.82, 2.24) is 24.4 Å². The van der Waals surface area contributed by atoms with Crippen LogP contribution in [0.15, 0.2) is 41.9 Å². The molecule has 0 radical (unpaired) electrons. The summed E-state index contributed by atoms with van der Waals surface area (Å²) in [5, 5.41) is 3.77. The molecule has 5 heterocycles. The van der Waals surface area contributed by atoms with Gasteiger partial charge in [0, 0.05) is 36.7 Å². The lowest BCUT2D eigenvalue weighted by Crippen LogP contribution is -2.46. The highest BCUT2D eigenvalue weighted by Crippen LogP contribution is 2.52. The minimum absolute atomic E-state index is 0.0927. The average molecular weight is 665 g/mol. The summed E-state index contributed by atoms with van der Waals surface area (Å²) in [6, 6.07) is 10.2. The summed E-state index contributed by atoms with van der Waals surface area (Å²) in [6.07, 6.45) is 4.92. The Labute approximate surface area is 278 Å². The van der Waals surface area contributed by atoms with E-state index in [1.165, 1.54) is 5.56 Å². The summed E-state index contributed by atoms with van der Waals surface area (Å²) in [4.78, 5) is 28.9. The molecular weight excluding hydrogens is 624 g/mol. The van der Waals surface area contributed by atoms with Crippen LogP contribution in [0.2, 0.25) is 5.28 Å². The van der Waals surface area contributed by atoms with Gasteiger partial charge in [-0.05, 0) is 82.9 Å². The molecule has 2 N–H and O–H groups in total. The largest absolute Gasteiger partial charge is 0.444 e. The van der Waals surface area contributed by atoms with Gasteiger partial charge in [0.25, 0.3) is 0 Å². The van der Waals surface area contributed by atoms with E-state index in [0.29, 0.717) is 24.6 Å². The van der Waals surface area contributed by atoms with Gasteiger partial charge in [0.2, 0.25) is 5.28 Å². The van der Waals surface area contributed by atoms with Gasteiger partial charge in [-0.15, -0.1) is 11.3 Å². The average Bonchev–Trinajstić information content (AvgIpc) is 3.74. The van der Waals surface area contributed by atoms with E-state index in [2.05, 4.69) is 33.3 Å². The van der Waals surface area contributed by atoms with Crippen molar-refractivity contribution in [2.24, 2.45) is 11.8 Å². The molecule has 0 spiro atoms. The third-order valence-corrected chi connectivity index (χ3v) is 10.3. The first-order valence-corrected chi connectivity index (χ1v) is 17.3. The molecule has 1 saturated carbocycles. The van der Waals surface area contributed by atoms with E-state index in [9.17, 15) is 4.79 Å². The Bertz CT molecular complexity index is 1750. The molecule has 4 aromatic rings. The highest BCUT2D eigenvalue weighted by molar-refractivity contribution is 7.13. The minimum Gasteiger partial charge on any atom is -0.444 e. The Balaban J connectivity index is 1.23. The maximum absolute atomic E-state index is 13.0. The van der Waals surface area contributed by atoms with Crippen LogP contribution in [-0.4, -0.2) is 67.2 Å². The Morgan fingerprint density at radius 2 is 1.91 bits per heavy atom. The number of hydrogen-bond acceptors (Lipinski definition) is 9. The molecule has 1 aromatic carbocycles. The van der Waals surface area contributed by atoms with Gasteiger partial charge in [-0.1, -0.05) is 30.3 Å². The molecule has 46 heavy (non-hydrogen) atoms.